The first kappa shape index (κ1) is 14.7. The summed E-state index contributed by atoms with van der Waals surface area (Å²) in [6, 6.07) is 17.8. The van der Waals surface area contributed by atoms with Gasteiger partial charge in [0.05, 0.1) is 0 Å². The van der Waals surface area contributed by atoms with Gasteiger partial charge in [-0.25, -0.2) is 0 Å². The van der Waals surface area contributed by atoms with Crippen molar-refractivity contribution >= 4 is 38.2 Å². The van der Waals surface area contributed by atoms with Crippen molar-refractivity contribution < 1.29 is 8.83 Å². The van der Waals surface area contributed by atoms with Gasteiger partial charge in [-0.1, -0.05) is 47.7 Å². The molecule has 7 heteroatoms. The molecule has 0 N–H and O–H groups in total. The first-order chi connectivity index (χ1) is 13.3. The number of fused-ring (bicyclic) bond motifs is 3. The predicted octanol–water partition coefficient (Wildman–Crippen LogP) is 5.32. The van der Waals surface area contributed by atoms with Crippen LogP contribution in [0.5, 0.6) is 0 Å². The number of nitrogens with zero attached hydrogens (tertiary/aromatic N) is 4. The molecule has 0 aliphatic carbocycles. The molecule has 130 valence electrons. The molecule has 4 heterocycles. The van der Waals surface area contributed by atoms with E-state index in [2.05, 4.69) is 15.3 Å². The molecular formula is C20H12N4O2S. The van der Waals surface area contributed by atoms with E-state index < -0.39 is 0 Å². The van der Waals surface area contributed by atoms with E-state index in [9.17, 15) is 0 Å². The third kappa shape index (κ3) is 2.09. The Balaban J connectivity index is 1.54. The van der Waals surface area contributed by atoms with Crippen molar-refractivity contribution in [1.29, 1.82) is 0 Å². The Bertz CT molecular complexity index is 1420. The zero-order valence-electron chi connectivity index (χ0n) is 14.2. The third-order valence-electron chi connectivity index (χ3n) is 4.67. The molecule has 0 aliphatic heterocycles. The number of benzene rings is 2. The maximum absolute atomic E-state index is 6.03. The SMILES string of the molecule is Cc1c(-c2nnc3sc(-c4cc5ccccc5o4)nn23)oc2ccccc12. The van der Waals surface area contributed by atoms with Crippen molar-refractivity contribution in [3.05, 3.63) is 60.2 Å². The van der Waals surface area contributed by atoms with Crippen LogP contribution in [0.1, 0.15) is 5.56 Å². The van der Waals surface area contributed by atoms with E-state index in [4.69, 9.17) is 8.83 Å². The first-order valence-corrected chi connectivity index (χ1v) is 9.29. The normalized spacial score (nSPS) is 11.9. The lowest BCUT2D eigenvalue weighted by molar-refractivity contribution is 0.617. The lowest BCUT2D eigenvalue weighted by atomic mass is 10.1. The maximum atomic E-state index is 6.03. The Labute approximate surface area is 156 Å². The molecule has 0 saturated carbocycles. The molecule has 2 aromatic carbocycles. The topological polar surface area (TPSA) is 69.4 Å². The summed E-state index contributed by atoms with van der Waals surface area (Å²) < 4.78 is 13.7. The van der Waals surface area contributed by atoms with Gasteiger partial charge in [-0.3, -0.25) is 0 Å². The molecule has 0 saturated heterocycles. The summed E-state index contributed by atoms with van der Waals surface area (Å²) in [6.45, 7) is 2.02. The highest BCUT2D eigenvalue weighted by Gasteiger charge is 2.21. The van der Waals surface area contributed by atoms with Crippen LogP contribution in [-0.4, -0.2) is 19.8 Å². The second-order valence-corrected chi connectivity index (χ2v) is 7.28. The highest BCUT2D eigenvalue weighted by Crippen LogP contribution is 2.35. The van der Waals surface area contributed by atoms with Crippen molar-refractivity contribution in [2.75, 3.05) is 0 Å². The van der Waals surface area contributed by atoms with E-state index in [1.807, 2.05) is 61.5 Å². The van der Waals surface area contributed by atoms with Gasteiger partial charge in [0.1, 0.15) is 11.2 Å². The largest absolute Gasteiger partial charge is 0.453 e. The molecule has 6 aromatic rings. The van der Waals surface area contributed by atoms with Crippen LogP contribution in [0.25, 0.3) is 49.3 Å². The van der Waals surface area contributed by atoms with Crippen LogP contribution in [0.3, 0.4) is 0 Å². The van der Waals surface area contributed by atoms with E-state index in [0.29, 0.717) is 16.5 Å². The number of furan rings is 2. The van der Waals surface area contributed by atoms with Crippen LogP contribution in [0.4, 0.5) is 0 Å². The lowest BCUT2D eigenvalue weighted by Gasteiger charge is -1.93. The predicted molar refractivity (Wildman–Crippen MR) is 104 cm³/mol. The van der Waals surface area contributed by atoms with E-state index in [0.717, 1.165) is 38.3 Å². The molecular weight excluding hydrogens is 360 g/mol. The molecule has 6 rings (SSSR count). The third-order valence-corrected chi connectivity index (χ3v) is 5.59. The molecule has 0 aliphatic rings. The van der Waals surface area contributed by atoms with Gasteiger partial charge in [0, 0.05) is 16.3 Å². The number of aromatic nitrogens is 4. The van der Waals surface area contributed by atoms with Gasteiger partial charge in [-0.15, -0.1) is 15.3 Å². The Morgan fingerprint density at radius 3 is 2.59 bits per heavy atom. The van der Waals surface area contributed by atoms with Crippen LogP contribution in [0.15, 0.2) is 63.4 Å². The zero-order chi connectivity index (χ0) is 18.0. The average Bonchev–Trinajstić information content (AvgIpc) is 3.43. The van der Waals surface area contributed by atoms with Gasteiger partial charge in [-0.05, 0) is 25.1 Å². The molecule has 0 spiro atoms. The standard InChI is InChI=1S/C20H12N4O2S/c1-11-13-7-3-5-9-15(13)26-17(11)18-21-22-20-24(18)23-19(27-20)16-10-12-6-2-4-8-14(12)25-16/h2-10H,1H3. The van der Waals surface area contributed by atoms with Crippen molar-refractivity contribution in [2.24, 2.45) is 0 Å². The number of para-hydroxylation sites is 2. The number of hydrogen-bond donors (Lipinski definition) is 0. The van der Waals surface area contributed by atoms with Gasteiger partial charge < -0.3 is 8.83 Å². The summed E-state index contributed by atoms with van der Waals surface area (Å²) in [4.78, 5) is 0.695. The Morgan fingerprint density at radius 2 is 1.74 bits per heavy atom. The number of rotatable bonds is 2. The van der Waals surface area contributed by atoms with Crippen LogP contribution in [0.2, 0.25) is 0 Å². The summed E-state index contributed by atoms with van der Waals surface area (Å²) in [5.41, 5.74) is 2.69. The van der Waals surface area contributed by atoms with Crippen LogP contribution in [-0.2, 0) is 0 Å². The molecule has 0 unspecified atom stereocenters. The molecule has 0 amide bonds. The van der Waals surface area contributed by atoms with Gasteiger partial charge in [0.25, 0.3) is 0 Å². The minimum absolute atomic E-state index is 0.595. The van der Waals surface area contributed by atoms with Crippen molar-refractivity contribution in [1.82, 2.24) is 19.8 Å². The highest BCUT2D eigenvalue weighted by molar-refractivity contribution is 7.19. The van der Waals surface area contributed by atoms with Crippen LogP contribution >= 0.6 is 11.3 Å². The summed E-state index contributed by atoms with van der Waals surface area (Å²) in [5, 5.41) is 16.1. The second-order valence-electron chi connectivity index (χ2n) is 6.33. The molecule has 6 nitrogen and oxygen atoms in total. The maximum Gasteiger partial charge on any atom is 0.235 e. The summed E-state index contributed by atoms with van der Waals surface area (Å²) >= 11 is 1.44. The molecule has 27 heavy (non-hydrogen) atoms. The number of aryl methyl sites for hydroxylation is 1. The summed E-state index contributed by atoms with van der Waals surface area (Å²) in [5.74, 6) is 2.00. The van der Waals surface area contributed by atoms with E-state index in [1.165, 1.54) is 11.3 Å². The van der Waals surface area contributed by atoms with Gasteiger partial charge in [0.2, 0.25) is 10.8 Å². The fourth-order valence-corrected chi connectivity index (χ4v) is 4.12. The first-order valence-electron chi connectivity index (χ1n) is 8.47. The Morgan fingerprint density at radius 1 is 0.926 bits per heavy atom. The second kappa shape index (κ2) is 5.28. The van der Waals surface area contributed by atoms with Gasteiger partial charge in [-0.2, -0.15) is 4.52 Å². The van der Waals surface area contributed by atoms with E-state index in [-0.39, 0.29) is 0 Å². The molecule has 0 radical (unpaired) electrons. The molecule has 0 bridgehead atoms. The van der Waals surface area contributed by atoms with Crippen molar-refractivity contribution in [2.45, 2.75) is 6.92 Å². The summed E-state index contributed by atoms with van der Waals surface area (Å²) in [6.07, 6.45) is 0. The quantitative estimate of drug-likeness (QED) is 0.411. The van der Waals surface area contributed by atoms with Gasteiger partial charge >= 0.3 is 0 Å². The monoisotopic (exact) mass is 372 g/mol. The van der Waals surface area contributed by atoms with Crippen molar-refractivity contribution in [3.63, 3.8) is 0 Å². The van der Waals surface area contributed by atoms with Crippen molar-refractivity contribution in [3.8, 4) is 22.4 Å². The fourth-order valence-electron chi connectivity index (χ4n) is 3.33. The smallest absolute Gasteiger partial charge is 0.235 e. The van der Waals surface area contributed by atoms with E-state index in [1.54, 1.807) is 4.52 Å². The zero-order valence-corrected chi connectivity index (χ0v) is 15.0. The van der Waals surface area contributed by atoms with Gasteiger partial charge in [0.15, 0.2) is 16.5 Å². The fraction of sp³-hybridized carbons (Fsp3) is 0.0500. The molecule has 0 fully saturated rings. The Kier molecular flexibility index (Phi) is 2.87. The minimum Gasteiger partial charge on any atom is -0.453 e. The minimum atomic E-state index is 0.595. The van der Waals surface area contributed by atoms with Crippen LogP contribution < -0.4 is 0 Å². The molecule has 0 atom stereocenters. The lowest BCUT2D eigenvalue weighted by Crippen LogP contribution is -1.90. The highest BCUT2D eigenvalue weighted by atomic mass is 32.1. The number of hydrogen-bond acceptors (Lipinski definition) is 6. The Hall–Kier alpha value is -3.45. The van der Waals surface area contributed by atoms with Crippen LogP contribution in [0, 0.1) is 6.92 Å². The average molecular weight is 372 g/mol. The molecule has 4 aromatic heterocycles. The van der Waals surface area contributed by atoms with E-state index >= 15 is 0 Å². The summed E-state index contributed by atoms with van der Waals surface area (Å²) in [7, 11) is 0.